The maximum atomic E-state index is 13.2. The Labute approximate surface area is 145 Å². The van der Waals surface area contributed by atoms with Crippen molar-refractivity contribution >= 4 is 21.4 Å². The maximum Gasteiger partial charge on any atom is 0.182 e. The molecule has 0 radical (unpaired) electrons. The van der Waals surface area contributed by atoms with Crippen LogP contribution < -0.4 is 11.5 Å². The smallest absolute Gasteiger partial charge is 0.182 e. The molecule has 128 valence electrons. The molecule has 0 saturated heterocycles. The van der Waals surface area contributed by atoms with E-state index in [-0.39, 0.29) is 29.7 Å². The van der Waals surface area contributed by atoms with E-state index in [0.717, 1.165) is 5.56 Å². The molecule has 1 aliphatic carbocycles. The summed E-state index contributed by atoms with van der Waals surface area (Å²) in [5, 5.41) is -0.268. The summed E-state index contributed by atoms with van der Waals surface area (Å²) in [6.07, 6.45) is 0. The first-order valence-corrected chi connectivity index (χ1v) is 9.44. The summed E-state index contributed by atoms with van der Waals surface area (Å²) in [6.45, 7) is 0.284. The van der Waals surface area contributed by atoms with Crippen molar-refractivity contribution in [3.8, 4) is 0 Å². The van der Waals surface area contributed by atoms with E-state index < -0.39 is 20.5 Å². The number of benzene rings is 2. The molecule has 0 bridgehead atoms. The Morgan fingerprint density at radius 3 is 2.04 bits per heavy atom. The van der Waals surface area contributed by atoms with Crippen LogP contribution in [0, 0.1) is 11.2 Å². The monoisotopic (exact) mass is 368 g/mol. The summed E-state index contributed by atoms with van der Waals surface area (Å²) in [5.74, 6) is -0.726. The highest BCUT2D eigenvalue weighted by molar-refractivity contribution is 7.92. The Morgan fingerprint density at radius 1 is 1.00 bits per heavy atom. The molecule has 4 N–H and O–H groups in total. The van der Waals surface area contributed by atoms with Crippen LogP contribution in [0.15, 0.2) is 53.4 Å². The molecule has 0 amide bonds. The molecule has 0 aliphatic heterocycles. The third kappa shape index (κ3) is 2.63. The number of halogens is 2. The highest BCUT2D eigenvalue weighted by atomic mass is 35.5. The predicted octanol–water partition coefficient (Wildman–Crippen LogP) is 2.32. The highest BCUT2D eigenvalue weighted by Crippen LogP contribution is 2.62. The normalized spacial score (nSPS) is 22.3. The molecule has 1 fully saturated rings. The number of rotatable bonds is 5. The first kappa shape index (κ1) is 17.4. The Balaban J connectivity index is 2.04. The predicted molar refractivity (Wildman–Crippen MR) is 92.1 cm³/mol. The van der Waals surface area contributed by atoms with Gasteiger partial charge in [0.05, 0.1) is 10.1 Å². The minimum Gasteiger partial charge on any atom is -0.330 e. The Hall–Kier alpha value is -1.47. The van der Waals surface area contributed by atoms with E-state index >= 15 is 0 Å². The van der Waals surface area contributed by atoms with Crippen LogP contribution in [0.25, 0.3) is 0 Å². The lowest BCUT2D eigenvalue weighted by atomic mass is 9.99. The summed E-state index contributed by atoms with van der Waals surface area (Å²) in [7, 11) is -3.63. The number of sulfone groups is 1. The molecule has 2 unspecified atom stereocenters. The van der Waals surface area contributed by atoms with Crippen molar-refractivity contribution < 1.29 is 12.8 Å². The lowest BCUT2D eigenvalue weighted by molar-refractivity contribution is 0.509. The van der Waals surface area contributed by atoms with Crippen LogP contribution in [0.3, 0.4) is 0 Å². The molecule has 2 atom stereocenters. The van der Waals surface area contributed by atoms with Gasteiger partial charge in [0, 0.05) is 29.4 Å². The van der Waals surface area contributed by atoms with Crippen molar-refractivity contribution in [3.63, 3.8) is 0 Å². The molecule has 24 heavy (non-hydrogen) atoms. The van der Waals surface area contributed by atoms with E-state index in [9.17, 15) is 12.8 Å². The van der Waals surface area contributed by atoms with Gasteiger partial charge in [0.15, 0.2) is 9.84 Å². The molecule has 0 heterocycles. The molecule has 2 aromatic rings. The van der Waals surface area contributed by atoms with Crippen molar-refractivity contribution in [2.45, 2.75) is 16.1 Å². The van der Waals surface area contributed by atoms with Crippen LogP contribution in [-0.4, -0.2) is 26.8 Å². The first-order chi connectivity index (χ1) is 11.4. The van der Waals surface area contributed by atoms with Gasteiger partial charge in [-0.25, -0.2) is 12.8 Å². The van der Waals surface area contributed by atoms with E-state index in [1.165, 1.54) is 36.4 Å². The topological polar surface area (TPSA) is 86.2 Å². The van der Waals surface area contributed by atoms with Crippen LogP contribution in [0.5, 0.6) is 0 Å². The van der Waals surface area contributed by atoms with Crippen LogP contribution >= 0.6 is 11.6 Å². The second-order valence-electron chi connectivity index (χ2n) is 6.09. The number of hydrogen-bond donors (Lipinski definition) is 2. The van der Waals surface area contributed by atoms with Crippen LogP contribution in [-0.2, 0) is 9.84 Å². The third-order valence-corrected chi connectivity index (χ3v) is 7.44. The number of hydrogen-bond acceptors (Lipinski definition) is 4. The summed E-state index contributed by atoms with van der Waals surface area (Å²) in [4.78, 5) is 0.188. The molecule has 7 heteroatoms. The maximum absolute atomic E-state index is 13.2. The van der Waals surface area contributed by atoms with Crippen molar-refractivity contribution in [1.29, 1.82) is 0 Å². The summed E-state index contributed by atoms with van der Waals surface area (Å²) < 4.78 is 39.3. The van der Waals surface area contributed by atoms with Gasteiger partial charge >= 0.3 is 0 Å². The van der Waals surface area contributed by atoms with E-state index in [1.54, 1.807) is 12.1 Å². The lowest BCUT2D eigenvalue weighted by Gasteiger charge is -2.13. The third-order valence-electron chi connectivity index (χ3n) is 4.85. The van der Waals surface area contributed by atoms with Gasteiger partial charge in [-0.05, 0) is 42.0 Å². The molecular weight excluding hydrogens is 351 g/mol. The fraction of sp³-hybridized carbons (Fsp3) is 0.294. The van der Waals surface area contributed by atoms with Gasteiger partial charge in [0.2, 0.25) is 0 Å². The van der Waals surface area contributed by atoms with E-state index in [0.29, 0.717) is 5.02 Å². The van der Waals surface area contributed by atoms with Gasteiger partial charge in [-0.3, -0.25) is 0 Å². The molecule has 0 aromatic heterocycles. The SMILES string of the molecule is NCC1(CN)C(c2ccc(F)cc2)C1S(=O)(=O)c1ccc(Cl)cc1. The van der Waals surface area contributed by atoms with Gasteiger partial charge in [-0.2, -0.15) is 0 Å². The first-order valence-electron chi connectivity index (χ1n) is 7.52. The Kier molecular flexibility index (Phi) is 4.42. The van der Waals surface area contributed by atoms with E-state index in [4.69, 9.17) is 23.1 Å². The summed E-state index contributed by atoms with van der Waals surface area (Å²) in [6, 6.07) is 11.9. The molecular formula is C17H18ClFN2O2S. The quantitative estimate of drug-likeness (QED) is 0.848. The second-order valence-corrected chi connectivity index (χ2v) is 8.60. The average molecular weight is 369 g/mol. The largest absolute Gasteiger partial charge is 0.330 e. The molecule has 4 nitrogen and oxygen atoms in total. The summed E-state index contributed by atoms with van der Waals surface area (Å²) in [5.41, 5.74) is 11.8. The van der Waals surface area contributed by atoms with E-state index in [2.05, 4.69) is 0 Å². The van der Waals surface area contributed by atoms with Gasteiger partial charge in [-0.15, -0.1) is 0 Å². The zero-order chi connectivity index (χ0) is 17.5. The van der Waals surface area contributed by atoms with Crippen molar-refractivity contribution in [1.82, 2.24) is 0 Å². The molecule has 1 saturated carbocycles. The van der Waals surface area contributed by atoms with Crippen molar-refractivity contribution in [2.75, 3.05) is 13.1 Å². The van der Waals surface area contributed by atoms with Gasteiger partial charge in [-0.1, -0.05) is 23.7 Å². The fourth-order valence-electron chi connectivity index (χ4n) is 3.46. The van der Waals surface area contributed by atoms with Crippen molar-refractivity contribution in [3.05, 3.63) is 64.9 Å². The van der Waals surface area contributed by atoms with Crippen LogP contribution in [0.4, 0.5) is 4.39 Å². The molecule has 3 rings (SSSR count). The summed E-state index contributed by atoms with van der Waals surface area (Å²) >= 11 is 5.84. The van der Waals surface area contributed by atoms with Crippen LogP contribution in [0.2, 0.25) is 5.02 Å². The minimum absolute atomic E-state index is 0.142. The Morgan fingerprint density at radius 2 is 1.54 bits per heavy atom. The van der Waals surface area contributed by atoms with Crippen molar-refractivity contribution in [2.24, 2.45) is 16.9 Å². The van der Waals surface area contributed by atoms with Gasteiger partial charge < -0.3 is 11.5 Å². The molecule has 0 spiro atoms. The fourth-order valence-corrected chi connectivity index (χ4v) is 6.06. The van der Waals surface area contributed by atoms with Gasteiger partial charge in [0.25, 0.3) is 0 Å². The lowest BCUT2D eigenvalue weighted by Crippen LogP contribution is -2.31. The molecule has 1 aliphatic rings. The average Bonchev–Trinajstić information content (AvgIpc) is 3.26. The zero-order valence-corrected chi connectivity index (χ0v) is 14.4. The minimum atomic E-state index is -3.63. The van der Waals surface area contributed by atoms with Crippen LogP contribution in [0.1, 0.15) is 11.5 Å². The molecule has 2 aromatic carbocycles. The second kappa shape index (κ2) is 6.11. The van der Waals surface area contributed by atoms with E-state index in [1.807, 2.05) is 0 Å². The van der Waals surface area contributed by atoms with Gasteiger partial charge in [0.1, 0.15) is 5.82 Å². The number of nitrogens with two attached hydrogens (primary N) is 2. The highest BCUT2D eigenvalue weighted by Gasteiger charge is 2.69. The standard InChI is InChI=1S/C17H18ClFN2O2S/c18-12-3-7-14(8-4-12)24(22,23)16-15(17(16,9-20)10-21)11-1-5-13(19)6-2-11/h1-8,15-16H,9-10,20-21H2. The Bertz CT molecular complexity index is 834. The zero-order valence-electron chi connectivity index (χ0n) is 12.8.